The summed E-state index contributed by atoms with van der Waals surface area (Å²) < 4.78 is 16.9. The zero-order valence-corrected chi connectivity index (χ0v) is 27.5. The number of ether oxygens (including phenoxy) is 3. The second kappa shape index (κ2) is 16.2. The molecule has 1 aromatic carbocycles. The van der Waals surface area contributed by atoms with E-state index in [1.807, 2.05) is 56.9 Å². The summed E-state index contributed by atoms with van der Waals surface area (Å²) in [5.41, 5.74) is 0.419. The van der Waals surface area contributed by atoms with E-state index in [0.717, 1.165) is 37.0 Å². The highest BCUT2D eigenvalue weighted by molar-refractivity contribution is 5.86. The van der Waals surface area contributed by atoms with E-state index >= 15 is 0 Å². The Morgan fingerprint density at radius 1 is 0.956 bits per heavy atom. The van der Waals surface area contributed by atoms with E-state index in [1.165, 1.54) is 6.42 Å². The summed E-state index contributed by atoms with van der Waals surface area (Å²) in [6.45, 7) is 9.72. The maximum atomic E-state index is 13.5. The van der Waals surface area contributed by atoms with Gasteiger partial charge in [0, 0.05) is 50.5 Å². The number of piperidine rings is 1. The Kier molecular flexibility index (Phi) is 12.4. The number of benzene rings is 1. The number of hydrogen-bond donors (Lipinski definition) is 2. The van der Waals surface area contributed by atoms with Crippen LogP contribution >= 0.6 is 0 Å². The van der Waals surface area contributed by atoms with Gasteiger partial charge in [0.15, 0.2) is 0 Å². The third-order valence-electron chi connectivity index (χ3n) is 8.75. The molecule has 2 heterocycles. The molecule has 0 aromatic heterocycles. The Bertz CT molecular complexity index is 1160. The van der Waals surface area contributed by atoms with E-state index in [0.29, 0.717) is 70.8 Å². The fourth-order valence-corrected chi connectivity index (χ4v) is 6.25. The molecule has 0 radical (unpaired) electrons. The Hall–Kier alpha value is -3.50. The average Bonchev–Trinajstić information content (AvgIpc) is 3.22. The van der Waals surface area contributed by atoms with Crippen molar-refractivity contribution in [2.45, 2.75) is 122 Å². The van der Waals surface area contributed by atoms with E-state index in [2.05, 4.69) is 10.6 Å². The fourth-order valence-electron chi connectivity index (χ4n) is 6.25. The van der Waals surface area contributed by atoms with E-state index in [-0.39, 0.29) is 30.1 Å². The maximum absolute atomic E-state index is 13.5. The van der Waals surface area contributed by atoms with Crippen LogP contribution in [-0.2, 0) is 25.6 Å². The molecule has 1 saturated carbocycles. The third kappa shape index (κ3) is 11.1. The molecule has 0 unspecified atom stereocenters. The van der Waals surface area contributed by atoms with Crippen molar-refractivity contribution >= 4 is 24.0 Å². The molecule has 0 spiro atoms. The van der Waals surface area contributed by atoms with Crippen LogP contribution in [0.3, 0.4) is 0 Å². The zero-order chi connectivity index (χ0) is 32.4. The molecule has 2 aliphatic heterocycles. The molecule has 1 saturated heterocycles. The smallest absolute Gasteiger partial charge is 0.410 e. The zero-order valence-electron chi connectivity index (χ0n) is 27.5. The van der Waals surface area contributed by atoms with Crippen molar-refractivity contribution in [2.75, 3.05) is 26.2 Å². The van der Waals surface area contributed by atoms with Crippen molar-refractivity contribution in [1.29, 1.82) is 0 Å². The van der Waals surface area contributed by atoms with Crippen molar-refractivity contribution in [1.82, 2.24) is 20.4 Å². The molecule has 4 rings (SSSR count). The lowest BCUT2D eigenvalue weighted by Gasteiger charge is -2.33. The van der Waals surface area contributed by atoms with E-state index in [1.54, 1.807) is 4.90 Å². The van der Waals surface area contributed by atoms with Crippen LogP contribution in [0.4, 0.5) is 9.59 Å². The van der Waals surface area contributed by atoms with Crippen LogP contribution in [0.1, 0.15) is 97.5 Å². The second-order valence-corrected chi connectivity index (χ2v) is 13.7. The molecular formula is C34H52N4O7. The van der Waals surface area contributed by atoms with E-state index in [9.17, 15) is 19.2 Å². The van der Waals surface area contributed by atoms with Gasteiger partial charge in [-0.3, -0.25) is 9.59 Å². The Balaban J connectivity index is 1.25. The van der Waals surface area contributed by atoms with Gasteiger partial charge in [0.25, 0.3) is 0 Å². The predicted molar refractivity (Wildman–Crippen MR) is 170 cm³/mol. The molecule has 45 heavy (non-hydrogen) atoms. The minimum absolute atomic E-state index is 0.0228. The van der Waals surface area contributed by atoms with Gasteiger partial charge in [-0.1, -0.05) is 50.3 Å². The molecule has 11 nitrogen and oxygen atoms in total. The van der Waals surface area contributed by atoms with E-state index < -0.39 is 17.7 Å². The number of nitrogens with one attached hydrogen (secondary N) is 2. The Labute approximate surface area is 267 Å². The topological polar surface area (TPSA) is 127 Å². The number of para-hydroxylation sites is 1. The van der Waals surface area contributed by atoms with Crippen molar-refractivity contribution in [2.24, 2.45) is 5.92 Å². The SMILES string of the molecule is C[C@H](CCC(=O)N1CCOc2ccccc2C1)NC(=O)[C@H](CC1CCCCC1)NC(=O)OC1CCN(C(=O)OC(C)(C)C)CC1. The first kappa shape index (κ1) is 34.4. The summed E-state index contributed by atoms with van der Waals surface area (Å²) in [5, 5.41) is 5.89. The van der Waals surface area contributed by atoms with Gasteiger partial charge in [-0.15, -0.1) is 0 Å². The van der Waals surface area contributed by atoms with Gasteiger partial charge < -0.3 is 34.6 Å². The van der Waals surface area contributed by atoms with Gasteiger partial charge >= 0.3 is 12.2 Å². The first-order chi connectivity index (χ1) is 21.5. The number of carbonyl (C=O) groups excluding carboxylic acids is 4. The van der Waals surface area contributed by atoms with Gasteiger partial charge in [-0.25, -0.2) is 9.59 Å². The van der Waals surface area contributed by atoms with Crippen molar-refractivity contribution in [3.63, 3.8) is 0 Å². The standard InChI is InChI=1S/C34H52N4O7/c1-24(14-15-30(39)38-20-21-43-29-13-9-8-12-26(29)23-38)35-31(40)28(22-25-10-6-5-7-11-25)36-32(41)44-27-16-18-37(19-17-27)33(42)45-34(2,3)4/h8-9,12-13,24-25,27-28H,5-7,10-11,14-23H2,1-4H3,(H,35,40)(H,36,41)/t24-,28+/m1/s1. The second-order valence-electron chi connectivity index (χ2n) is 13.7. The Morgan fingerprint density at radius 3 is 2.38 bits per heavy atom. The van der Waals surface area contributed by atoms with Gasteiger partial charge in [0.05, 0.1) is 6.54 Å². The number of amides is 4. The minimum atomic E-state index is -0.722. The van der Waals surface area contributed by atoms with Gasteiger partial charge in [-0.05, 0) is 52.5 Å². The highest BCUT2D eigenvalue weighted by Crippen LogP contribution is 2.28. The number of fused-ring (bicyclic) bond motifs is 1. The summed E-state index contributed by atoms with van der Waals surface area (Å²) in [7, 11) is 0. The molecule has 2 N–H and O–H groups in total. The van der Waals surface area contributed by atoms with Crippen LogP contribution in [0.25, 0.3) is 0 Å². The lowest BCUT2D eigenvalue weighted by Crippen LogP contribution is -2.51. The van der Waals surface area contributed by atoms with Crippen LogP contribution in [0.5, 0.6) is 5.75 Å². The van der Waals surface area contributed by atoms with Crippen LogP contribution in [0, 0.1) is 5.92 Å². The number of nitrogens with zero attached hydrogens (tertiary/aromatic N) is 2. The summed E-state index contributed by atoms with van der Waals surface area (Å²) >= 11 is 0. The molecule has 3 aliphatic rings. The van der Waals surface area contributed by atoms with Gasteiger partial charge in [-0.2, -0.15) is 0 Å². The number of carbonyl (C=O) groups is 4. The fraction of sp³-hybridized carbons (Fsp3) is 0.706. The van der Waals surface area contributed by atoms with Gasteiger partial charge in [0.1, 0.15) is 30.1 Å². The molecule has 2 atom stereocenters. The first-order valence-electron chi connectivity index (χ1n) is 16.7. The highest BCUT2D eigenvalue weighted by atomic mass is 16.6. The molecule has 1 aliphatic carbocycles. The van der Waals surface area contributed by atoms with Crippen molar-refractivity contribution in [3.05, 3.63) is 29.8 Å². The quantitative estimate of drug-likeness (QED) is 0.387. The number of alkyl carbamates (subject to hydrolysis) is 1. The van der Waals surface area contributed by atoms with Gasteiger partial charge in [0.2, 0.25) is 11.8 Å². The highest BCUT2D eigenvalue weighted by Gasteiger charge is 2.31. The van der Waals surface area contributed by atoms with Crippen LogP contribution < -0.4 is 15.4 Å². The van der Waals surface area contributed by atoms with Crippen LogP contribution in [-0.4, -0.2) is 83.8 Å². The summed E-state index contributed by atoms with van der Waals surface area (Å²) in [4.78, 5) is 55.3. The molecular weight excluding hydrogens is 576 g/mol. The first-order valence-corrected chi connectivity index (χ1v) is 16.7. The number of rotatable bonds is 9. The number of hydrogen-bond acceptors (Lipinski definition) is 7. The lowest BCUT2D eigenvalue weighted by atomic mass is 9.84. The van der Waals surface area contributed by atoms with Crippen LogP contribution in [0.15, 0.2) is 24.3 Å². The minimum Gasteiger partial charge on any atom is -0.491 e. The van der Waals surface area contributed by atoms with Crippen molar-refractivity contribution in [3.8, 4) is 5.75 Å². The molecule has 4 amide bonds. The third-order valence-corrected chi connectivity index (χ3v) is 8.75. The summed E-state index contributed by atoms with van der Waals surface area (Å²) in [6.07, 6.45) is 6.56. The normalized spacial score (nSPS) is 19.3. The average molecular weight is 629 g/mol. The summed E-state index contributed by atoms with van der Waals surface area (Å²) in [5.74, 6) is 0.940. The monoisotopic (exact) mass is 628 g/mol. The lowest BCUT2D eigenvalue weighted by molar-refractivity contribution is -0.132. The van der Waals surface area contributed by atoms with Crippen LogP contribution in [0.2, 0.25) is 0 Å². The largest absolute Gasteiger partial charge is 0.491 e. The molecule has 2 fully saturated rings. The molecule has 0 bridgehead atoms. The number of likely N-dealkylation sites (tertiary alicyclic amines) is 1. The Morgan fingerprint density at radius 2 is 1.67 bits per heavy atom. The molecule has 11 heteroatoms. The van der Waals surface area contributed by atoms with E-state index in [4.69, 9.17) is 14.2 Å². The van der Waals surface area contributed by atoms with Crippen molar-refractivity contribution < 1.29 is 33.4 Å². The predicted octanol–water partition coefficient (Wildman–Crippen LogP) is 5.16. The summed E-state index contributed by atoms with van der Waals surface area (Å²) in [6, 6.07) is 6.79. The molecule has 250 valence electrons. The molecule has 1 aromatic rings. The maximum Gasteiger partial charge on any atom is 0.410 e.